The average molecular weight is 487 g/mol. The lowest BCUT2D eigenvalue weighted by Crippen LogP contribution is -2.12. The molecular formula is C25H18BrNO2S. The summed E-state index contributed by atoms with van der Waals surface area (Å²) in [7, 11) is -4.68. The van der Waals surface area contributed by atoms with E-state index in [0.717, 1.165) is 5.56 Å². The van der Waals surface area contributed by atoms with Crippen LogP contribution in [0.15, 0.2) is 100 Å². The van der Waals surface area contributed by atoms with Crippen LogP contribution in [0, 0.1) is 6.92 Å². The highest BCUT2D eigenvalue weighted by Crippen LogP contribution is 2.36. The fraction of sp³-hybridized carbons (Fsp3) is 0.0400. The van der Waals surface area contributed by atoms with E-state index < -0.39 is 98.7 Å². The summed E-state index contributed by atoms with van der Waals surface area (Å²) in [4.78, 5) is -0.257. The van der Waals surface area contributed by atoms with Gasteiger partial charge in [0.1, 0.15) is 0 Å². The highest BCUT2D eigenvalue weighted by Gasteiger charge is 2.23. The molecule has 0 bridgehead atoms. The van der Waals surface area contributed by atoms with Crippen LogP contribution in [0.5, 0.6) is 0 Å². The second-order valence-corrected chi connectivity index (χ2v) is 9.05. The predicted octanol–water partition coefficient (Wildman–Crippen LogP) is 6.77. The molecule has 0 spiro atoms. The summed E-state index contributed by atoms with van der Waals surface area (Å²) in [5.74, 6) is 0. The summed E-state index contributed by atoms with van der Waals surface area (Å²) in [6.45, 7) is 1.74. The molecule has 5 aromatic rings. The Kier molecular flexibility index (Phi) is 2.47. The Morgan fingerprint density at radius 2 is 1.53 bits per heavy atom. The SMILES string of the molecule is [2H]c1c([2H])c([2H])c(-c2c([2H])c([2H])c3c4c([2H])c(Br)c([2H])c([2H])c4n(S(=O)(=O)c4ccc(C)cc4)c3c2[2H])c([2H])c1[2H]. The number of aryl methyl sites for hydroxylation is 1. The van der Waals surface area contributed by atoms with Gasteiger partial charge in [-0.3, -0.25) is 0 Å². The number of fused-ring (bicyclic) bond motifs is 3. The second kappa shape index (κ2) is 7.11. The highest BCUT2D eigenvalue weighted by molar-refractivity contribution is 9.10. The zero-order valence-electron chi connectivity index (χ0n) is 26.4. The summed E-state index contributed by atoms with van der Waals surface area (Å²) in [6, 6.07) is -1.79. The maximum atomic E-state index is 14.2. The average Bonchev–Trinajstić information content (AvgIpc) is 3.31. The van der Waals surface area contributed by atoms with E-state index in [1.54, 1.807) is 6.92 Å². The van der Waals surface area contributed by atoms with Crippen molar-refractivity contribution < 1.29 is 23.5 Å². The Labute approximate surface area is 199 Å². The minimum Gasteiger partial charge on any atom is -0.233 e. The van der Waals surface area contributed by atoms with Gasteiger partial charge in [-0.15, -0.1) is 0 Å². The van der Waals surface area contributed by atoms with E-state index in [4.69, 9.17) is 15.1 Å². The van der Waals surface area contributed by atoms with Gasteiger partial charge in [-0.25, -0.2) is 12.4 Å². The van der Waals surface area contributed by atoms with Crippen molar-refractivity contribution in [2.75, 3.05) is 0 Å². The first kappa shape index (κ1) is 10.4. The number of aromatic nitrogens is 1. The molecule has 148 valence electrons. The van der Waals surface area contributed by atoms with E-state index >= 15 is 0 Å². The number of hydrogen-bond acceptors (Lipinski definition) is 2. The first-order chi connectivity index (χ1) is 19.0. The van der Waals surface area contributed by atoms with Crippen LogP contribution < -0.4 is 0 Å². The van der Waals surface area contributed by atoms with E-state index in [1.807, 2.05) is 0 Å². The van der Waals surface area contributed by atoms with Crippen LogP contribution in [-0.4, -0.2) is 12.4 Å². The van der Waals surface area contributed by atoms with Gasteiger partial charge in [0.15, 0.2) is 0 Å². The summed E-state index contributed by atoms with van der Waals surface area (Å²) >= 11 is 3.09. The van der Waals surface area contributed by atoms with Crippen LogP contribution in [0.1, 0.15) is 20.6 Å². The third-order valence-electron chi connectivity index (χ3n) is 4.52. The Bertz CT molecular complexity index is 2060. The predicted molar refractivity (Wildman–Crippen MR) is 126 cm³/mol. The van der Waals surface area contributed by atoms with Gasteiger partial charge in [-0.2, -0.15) is 0 Å². The molecule has 5 rings (SSSR count). The zero-order chi connectivity index (χ0) is 30.5. The maximum absolute atomic E-state index is 14.2. The molecule has 1 heterocycles. The molecule has 0 N–H and O–H groups in total. The molecule has 0 aliphatic heterocycles. The lowest BCUT2D eigenvalue weighted by Gasteiger charge is -2.10. The minimum absolute atomic E-state index is 0.158. The van der Waals surface area contributed by atoms with Crippen LogP contribution in [0.2, 0.25) is 0 Å². The van der Waals surface area contributed by atoms with E-state index in [-0.39, 0.29) is 20.1 Å². The molecule has 3 nitrogen and oxygen atoms in total. The fourth-order valence-electron chi connectivity index (χ4n) is 3.11. The minimum atomic E-state index is -4.68. The molecule has 0 radical (unpaired) electrons. The lowest BCUT2D eigenvalue weighted by molar-refractivity contribution is 0.590. The number of hydrogen-bond donors (Lipinski definition) is 0. The smallest absolute Gasteiger partial charge is 0.233 e. The van der Waals surface area contributed by atoms with Crippen molar-refractivity contribution in [3.8, 4) is 11.1 Å². The quantitative estimate of drug-likeness (QED) is 0.282. The molecule has 5 heteroatoms. The monoisotopic (exact) mass is 486 g/mol. The molecular weight excluding hydrogens is 458 g/mol. The Hall–Kier alpha value is -2.89. The van der Waals surface area contributed by atoms with Crippen molar-refractivity contribution in [2.24, 2.45) is 0 Å². The van der Waals surface area contributed by atoms with Gasteiger partial charge in [0, 0.05) is 15.2 Å². The molecule has 0 saturated carbocycles. The summed E-state index contributed by atoms with van der Waals surface area (Å²) in [5, 5.41) is -0.593. The van der Waals surface area contributed by atoms with Crippen LogP contribution in [0.3, 0.4) is 0 Å². The number of nitrogens with zero attached hydrogens (tertiary/aromatic N) is 1. The highest BCUT2D eigenvalue weighted by atomic mass is 79.9. The normalized spacial score (nSPS) is 17.1. The van der Waals surface area contributed by atoms with Crippen LogP contribution in [0.4, 0.5) is 0 Å². The van der Waals surface area contributed by atoms with E-state index in [9.17, 15) is 8.42 Å². The van der Waals surface area contributed by atoms with Crippen LogP contribution in [0.25, 0.3) is 32.9 Å². The van der Waals surface area contributed by atoms with Gasteiger partial charge in [-0.1, -0.05) is 75.9 Å². The maximum Gasteiger partial charge on any atom is 0.268 e. The molecule has 0 aliphatic rings. The summed E-state index contributed by atoms with van der Waals surface area (Å²) in [5.41, 5.74) is -1.38. The molecule has 0 fully saturated rings. The van der Waals surface area contributed by atoms with E-state index in [2.05, 4.69) is 15.9 Å². The van der Waals surface area contributed by atoms with E-state index in [0.29, 0.717) is 3.97 Å². The van der Waals surface area contributed by atoms with Crippen molar-refractivity contribution in [2.45, 2.75) is 11.8 Å². The van der Waals surface area contributed by atoms with Crippen molar-refractivity contribution in [1.29, 1.82) is 0 Å². The van der Waals surface area contributed by atoms with Crippen LogP contribution >= 0.6 is 15.9 Å². The van der Waals surface area contributed by atoms with Gasteiger partial charge in [0.2, 0.25) is 0 Å². The van der Waals surface area contributed by atoms with Gasteiger partial charge in [0.25, 0.3) is 10.0 Å². The number of halogens is 1. The Morgan fingerprint density at radius 1 is 0.800 bits per heavy atom. The number of benzene rings is 4. The van der Waals surface area contributed by atoms with Gasteiger partial charge >= 0.3 is 0 Å². The first-order valence-electron chi connectivity index (χ1n) is 14.2. The van der Waals surface area contributed by atoms with Gasteiger partial charge < -0.3 is 0 Å². The molecule has 30 heavy (non-hydrogen) atoms. The van der Waals surface area contributed by atoms with Gasteiger partial charge in [0.05, 0.1) is 31.0 Å². The summed E-state index contributed by atoms with van der Waals surface area (Å²) < 4.78 is 122. The van der Waals surface area contributed by atoms with Gasteiger partial charge in [-0.05, 0) is 54.4 Å². The van der Waals surface area contributed by atoms with Crippen molar-refractivity contribution in [3.05, 3.63) is 101 Å². The molecule has 0 saturated heterocycles. The summed E-state index contributed by atoms with van der Waals surface area (Å²) in [6.07, 6.45) is 0. The Morgan fingerprint density at radius 3 is 2.27 bits per heavy atom. The third kappa shape index (κ3) is 3.06. The Balaban J connectivity index is 2.13. The second-order valence-electron chi connectivity index (χ2n) is 6.47. The fourth-order valence-corrected chi connectivity index (χ4v) is 4.85. The number of rotatable bonds is 3. The molecule has 4 aromatic carbocycles. The first-order valence-corrected chi connectivity index (χ1v) is 10.9. The standard InChI is InChI=1S/C25H18BrNO2S/c1-17-7-11-21(12-8-17)30(28,29)27-24-14-10-20(26)16-23(24)22-13-9-19(15-25(22)27)18-5-3-2-4-6-18/h2-16H,1H3/i2D,3D,4D,5D,6D,9D,10D,13D,14D,15D,16D. The molecule has 0 aliphatic carbocycles. The zero-order valence-corrected chi connectivity index (χ0v) is 17.8. The molecule has 1 aromatic heterocycles. The largest absolute Gasteiger partial charge is 0.268 e. The van der Waals surface area contributed by atoms with Crippen LogP contribution in [-0.2, 0) is 10.0 Å². The van der Waals surface area contributed by atoms with Crippen molar-refractivity contribution in [1.82, 2.24) is 3.97 Å². The topological polar surface area (TPSA) is 39.1 Å². The molecule has 0 atom stereocenters. The third-order valence-corrected chi connectivity index (χ3v) is 6.63. The van der Waals surface area contributed by atoms with Crippen molar-refractivity contribution in [3.63, 3.8) is 0 Å². The molecule has 0 unspecified atom stereocenters. The van der Waals surface area contributed by atoms with E-state index in [1.165, 1.54) is 24.3 Å². The molecule has 0 amide bonds. The lowest BCUT2D eigenvalue weighted by atomic mass is 10.0. The van der Waals surface area contributed by atoms with Crippen molar-refractivity contribution >= 4 is 47.8 Å².